The molecular formula is C21H30I3N4OV2-2. The molecule has 1 amide bonds. The first-order valence-corrected chi connectivity index (χ1v) is 22.6. The van der Waals surface area contributed by atoms with Crippen molar-refractivity contribution in [2.45, 2.75) is 76.5 Å². The molecule has 2 fully saturated rings. The molecule has 173 valence electrons. The Morgan fingerprint density at radius 1 is 1.06 bits per heavy atom. The summed E-state index contributed by atoms with van der Waals surface area (Å²) in [5.41, 5.74) is 0. The molecule has 31 heavy (non-hydrogen) atoms. The van der Waals surface area contributed by atoms with E-state index < -0.39 is 0 Å². The van der Waals surface area contributed by atoms with Crippen LogP contribution in [0.3, 0.4) is 0 Å². The van der Waals surface area contributed by atoms with E-state index in [1.807, 2.05) is 6.92 Å². The van der Waals surface area contributed by atoms with Gasteiger partial charge >= 0.3 is 64.9 Å². The number of carbonyl (C=O) groups excluding carboxylic acids is 1. The van der Waals surface area contributed by atoms with Gasteiger partial charge in [0, 0.05) is 25.0 Å². The topological polar surface area (TPSA) is 79.9 Å². The summed E-state index contributed by atoms with van der Waals surface area (Å²) in [6, 6.07) is 3.87. The van der Waals surface area contributed by atoms with Gasteiger partial charge in [0.2, 0.25) is 5.91 Å². The van der Waals surface area contributed by atoms with Gasteiger partial charge in [-0.1, -0.05) is 25.7 Å². The molecule has 10 heteroatoms. The van der Waals surface area contributed by atoms with E-state index >= 15 is 0 Å². The summed E-state index contributed by atoms with van der Waals surface area (Å²) in [6.07, 6.45) is 15.1. The van der Waals surface area contributed by atoms with Gasteiger partial charge in [-0.3, -0.25) is 10.1 Å². The maximum Gasteiger partial charge on any atom is 0 e. The molecule has 2 aliphatic rings. The number of hydrogen-bond donors (Lipinski definition) is 1. The van der Waals surface area contributed by atoms with Gasteiger partial charge in [-0.2, -0.15) is 16.9 Å². The van der Waals surface area contributed by atoms with Crippen LogP contribution in [0, 0.1) is 61.7 Å². The molecule has 0 aliphatic carbocycles. The minimum atomic E-state index is -0.312. The molecule has 2 aliphatic heterocycles. The normalized spacial score (nSPS) is 22.5. The summed E-state index contributed by atoms with van der Waals surface area (Å²) >= 11 is 7.39. The Morgan fingerprint density at radius 2 is 1.52 bits per heavy atom. The number of rotatable bonds is 1. The van der Waals surface area contributed by atoms with Crippen LogP contribution in [-0.2, 0) is 28.3 Å². The van der Waals surface area contributed by atoms with Crippen LogP contribution in [0.2, 0.25) is 0 Å². The number of halogens is 3. The van der Waals surface area contributed by atoms with Crippen LogP contribution in [0.1, 0.15) is 52.4 Å². The molecule has 0 saturated carbocycles. The first-order chi connectivity index (χ1) is 13.7. The zero-order valence-electron chi connectivity index (χ0n) is 18.2. The number of hydrogen-bond acceptors (Lipinski definition) is 4. The fourth-order valence-corrected chi connectivity index (χ4v) is 2.61. The smallest absolute Gasteiger partial charge is 0 e. The number of nitrogens with one attached hydrogen (secondary N) is 1. The molecule has 0 bridgehead atoms. The van der Waals surface area contributed by atoms with E-state index in [9.17, 15) is 4.79 Å². The molecule has 0 aromatic carbocycles. The van der Waals surface area contributed by atoms with E-state index in [0.29, 0.717) is 12.8 Å². The predicted molar refractivity (Wildman–Crippen MR) is 147 cm³/mol. The van der Waals surface area contributed by atoms with Crippen LogP contribution in [0.5, 0.6) is 0 Å². The van der Waals surface area contributed by atoms with Crippen molar-refractivity contribution in [1.82, 2.24) is 10.2 Å². The molecule has 2 saturated heterocycles. The maximum absolute atomic E-state index is 11.4. The van der Waals surface area contributed by atoms with Gasteiger partial charge in [0.25, 0.3) is 0 Å². The largest absolute Gasteiger partial charge is 0 e. The van der Waals surface area contributed by atoms with Gasteiger partial charge in [-0.25, -0.2) is 0 Å². The summed E-state index contributed by atoms with van der Waals surface area (Å²) in [5, 5.41) is 20.2. The van der Waals surface area contributed by atoms with Crippen molar-refractivity contribution in [3.63, 3.8) is 0 Å². The Hall–Kier alpha value is 0.889. The molecule has 2 heterocycles. The fourth-order valence-electron chi connectivity index (χ4n) is 2.61. The summed E-state index contributed by atoms with van der Waals surface area (Å²) in [5.74, 6) is 5.09. The van der Waals surface area contributed by atoms with Gasteiger partial charge in [0.1, 0.15) is 6.04 Å². The van der Waals surface area contributed by atoms with E-state index in [2.05, 4.69) is 96.2 Å². The third kappa shape index (κ3) is 18.9. The average Bonchev–Trinajstić information content (AvgIpc) is 3.34. The second-order valence-corrected chi connectivity index (χ2v) is 41.3. The van der Waals surface area contributed by atoms with Gasteiger partial charge < -0.3 is 19.3 Å². The van der Waals surface area contributed by atoms with Crippen molar-refractivity contribution < 1.29 is 28.3 Å². The second-order valence-electron chi connectivity index (χ2n) is 5.90. The van der Waals surface area contributed by atoms with Crippen molar-refractivity contribution in [2.75, 3.05) is 0 Å². The minimum Gasteiger partial charge on any atom is 0 e. The van der Waals surface area contributed by atoms with Crippen LogP contribution in [0.4, 0.5) is 0 Å². The first kappa shape index (κ1) is 39.1. The quantitative estimate of drug-likeness (QED) is 0.215. The Labute approximate surface area is 239 Å². The average molecular weight is 837 g/mol. The van der Waals surface area contributed by atoms with Crippen LogP contribution < -0.4 is 5.32 Å². The number of amides is 1. The number of carbonyl (C=O) groups is 1. The number of nitrogens with zero attached hydrogens (tertiary/aromatic N) is 3. The number of terminal acetylenes is 2. The monoisotopic (exact) mass is 837 g/mol. The zero-order valence-corrected chi connectivity index (χ0v) is 27.5. The van der Waals surface area contributed by atoms with Crippen molar-refractivity contribution >= 4 is 65.8 Å². The molecular weight excluding hydrogens is 807 g/mol. The maximum atomic E-state index is 11.4. The number of likely N-dealkylation sites (tertiary alicyclic amines) is 1. The van der Waals surface area contributed by atoms with Gasteiger partial charge in [0.05, 0.1) is 30.3 Å². The zero-order chi connectivity index (χ0) is 22.8. The molecule has 1 N–H and O–H groups in total. The Balaban J connectivity index is -0.000000177. The van der Waals surface area contributed by atoms with Crippen LogP contribution in [-0.4, -0.2) is 35.0 Å². The van der Waals surface area contributed by atoms with E-state index in [1.165, 1.54) is 0 Å². The number of nitriles is 2. The van der Waals surface area contributed by atoms with Crippen molar-refractivity contribution in [3.05, 3.63) is 14.4 Å². The van der Waals surface area contributed by atoms with Crippen molar-refractivity contribution in [1.29, 1.82) is 10.5 Å². The van der Waals surface area contributed by atoms with Crippen molar-refractivity contribution in [3.8, 4) is 36.8 Å². The van der Waals surface area contributed by atoms with Crippen molar-refractivity contribution in [2.24, 2.45) is 0 Å². The van der Waals surface area contributed by atoms with Gasteiger partial charge in [-0.05, 0) is 25.7 Å². The molecule has 4 atom stereocenters. The third-order valence-electron chi connectivity index (χ3n) is 3.82. The molecule has 2 rings (SSSR count). The second kappa shape index (κ2) is 25.5. The van der Waals surface area contributed by atoms with Crippen LogP contribution >= 0.6 is 59.9 Å². The Bertz CT molecular complexity index is 594. The summed E-state index contributed by atoms with van der Waals surface area (Å²) in [6.45, 7) is 7.28. The Kier molecular flexibility index (Phi) is 32.2. The molecule has 0 unspecified atom stereocenters. The summed E-state index contributed by atoms with van der Waals surface area (Å²) in [4.78, 5) is 12.7. The molecule has 0 aromatic rings. The summed E-state index contributed by atoms with van der Waals surface area (Å²) < 4.78 is 0. The molecule has 1 radical (unpaired) electrons. The first-order valence-electron chi connectivity index (χ1n) is 9.11. The fraction of sp³-hybridized carbons (Fsp3) is 0.571. The Morgan fingerprint density at radius 3 is 1.81 bits per heavy atom. The van der Waals surface area contributed by atoms with Gasteiger partial charge in [-0.15, -0.1) is 12.8 Å². The van der Waals surface area contributed by atoms with Crippen LogP contribution in [0.15, 0.2) is 0 Å². The van der Waals surface area contributed by atoms with E-state index in [-0.39, 0.29) is 61.0 Å². The van der Waals surface area contributed by atoms with Gasteiger partial charge in [0.15, 0.2) is 0 Å². The van der Waals surface area contributed by atoms with E-state index in [4.69, 9.17) is 23.4 Å². The van der Waals surface area contributed by atoms with Crippen LogP contribution in [0.25, 0.3) is 0 Å². The predicted octanol–water partition coefficient (Wildman–Crippen LogP) is 5.51. The molecule has 0 aromatic heterocycles. The molecule has 0 spiro atoms. The SMILES string of the molecule is C#C[C@H]1CC[C@@H](C#N)N1.C#C[C@H]1CC[C@@H](C#N)N1C(=O)CC.[CH2-]CC.[CH3-].[I][V]([I])[I].[V]. The standard InChI is InChI=1S/C10H12N2O.C7H8N2.C3H7.CH3.3HI.2V/c1-3-8-5-6-9(7-11)12(8)10(13)4-2;1-2-6-3-4-7(5-8)9-6;1-3-2;;;;;;/h1,8-9H,4-6H2,2H3;1,6-7,9H,3-4H2;1,3H2,2H3;1H3;3*1H;;/q;;2*-1;;;;;+3/p-3/t8-,9-;6-,7-;;;;;;;/m00......./s1. The van der Waals surface area contributed by atoms with E-state index in [0.717, 1.165) is 25.7 Å². The minimum absolute atomic E-state index is 0. The summed E-state index contributed by atoms with van der Waals surface area (Å²) in [7, 11) is 0. The molecule has 5 nitrogen and oxygen atoms in total. The van der Waals surface area contributed by atoms with E-state index in [1.54, 1.807) is 11.8 Å². The third-order valence-corrected chi connectivity index (χ3v) is 3.82.